The van der Waals surface area contributed by atoms with Crippen LogP contribution in [0.15, 0.2) is 23.5 Å². The van der Waals surface area contributed by atoms with Crippen LogP contribution in [0, 0.1) is 0 Å². The fraction of sp³-hybridized carbons (Fsp3) is 0.143. The van der Waals surface area contributed by atoms with Crippen LogP contribution in [-0.2, 0) is 9.84 Å². The molecule has 5 nitrogen and oxygen atoms in total. The molecule has 0 unspecified atom stereocenters. The molecule has 2 aromatic heterocycles. The third-order valence-electron chi connectivity index (χ3n) is 1.72. The van der Waals surface area contributed by atoms with Gasteiger partial charge in [-0.25, -0.2) is 8.42 Å². The van der Waals surface area contributed by atoms with Gasteiger partial charge in [-0.1, -0.05) is 11.6 Å². The molecule has 0 aliphatic heterocycles. The van der Waals surface area contributed by atoms with Gasteiger partial charge in [-0.05, 0) is 12.1 Å². The van der Waals surface area contributed by atoms with Gasteiger partial charge in [-0.2, -0.15) is 0 Å². The first-order valence-corrected chi connectivity index (χ1v) is 5.96. The molecular formula is C7H6ClN3O2S. The molecule has 0 bridgehead atoms. The van der Waals surface area contributed by atoms with Crippen molar-refractivity contribution < 1.29 is 8.42 Å². The highest BCUT2D eigenvalue weighted by molar-refractivity contribution is 7.90. The molecule has 7 heteroatoms. The van der Waals surface area contributed by atoms with Crippen molar-refractivity contribution in [2.24, 2.45) is 0 Å². The van der Waals surface area contributed by atoms with Crippen LogP contribution in [0.25, 0.3) is 5.52 Å². The van der Waals surface area contributed by atoms with E-state index in [9.17, 15) is 8.42 Å². The molecule has 0 saturated carbocycles. The molecule has 74 valence electrons. The van der Waals surface area contributed by atoms with Crippen LogP contribution in [0.5, 0.6) is 0 Å². The summed E-state index contributed by atoms with van der Waals surface area (Å²) in [6.45, 7) is 0. The maximum absolute atomic E-state index is 11.3. The summed E-state index contributed by atoms with van der Waals surface area (Å²) in [7, 11) is -3.39. The Morgan fingerprint density at radius 2 is 2.14 bits per heavy atom. The number of rotatable bonds is 1. The summed E-state index contributed by atoms with van der Waals surface area (Å²) in [5, 5.41) is 7.18. The highest BCUT2D eigenvalue weighted by atomic mass is 35.5. The zero-order valence-corrected chi connectivity index (χ0v) is 8.75. The van der Waals surface area contributed by atoms with E-state index in [0.717, 1.165) is 6.26 Å². The third kappa shape index (κ3) is 1.36. The molecule has 0 amide bonds. The lowest BCUT2D eigenvalue weighted by atomic mass is 10.5. The molecule has 0 radical (unpaired) electrons. The Labute approximate surface area is 85.3 Å². The van der Waals surface area contributed by atoms with Crippen LogP contribution in [0.1, 0.15) is 0 Å². The first-order valence-electron chi connectivity index (χ1n) is 3.69. The summed E-state index contributed by atoms with van der Waals surface area (Å²) in [6.07, 6.45) is 2.65. The number of halogens is 1. The first-order chi connectivity index (χ1) is 6.50. The monoisotopic (exact) mass is 231 g/mol. The minimum atomic E-state index is -3.39. The van der Waals surface area contributed by atoms with E-state index in [4.69, 9.17) is 11.6 Å². The second-order valence-electron chi connectivity index (χ2n) is 2.81. The van der Waals surface area contributed by atoms with Crippen molar-refractivity contribution in [3.8, 4) is 0 Å². The van der Waals surface area contributed by atoms with Crippen LogP contribution in [0.4, 0.5) is 0 Å². The first kappa shape index (κ1) is 9.42. The van der Waals surface area contributed by atoms with Crippen molar-refractivity contribution in [1.82, 2.24) is 14.6 Å². The highest BCUT2D eigenvalue weighted by Gasteiger charge is 2.15. The summed E-state index contributed by atoms with van der Waals surface area (Å²) in [5.74, 6) is 0. The topological polar surface area (TPSA) is 64.3 Å². The van der Waals surface area contributed by atoms with Gasteiger partial charge in [0.15, 0.2) is 5.15 Å². The molecular weight excluding hydrogens is 226 g/mol. The molecule has 0 fully saturated rings. The normalized spacial score (nSPS) is 12.1. The Bertz CT molecular complexity index is 590. The number of aromatic nitrogens is 3. The van der Waals surface area contributed by atoms with E-state index in [2.05, 4.69) is 10.2 Å². The van der Waals surface area contributed by atoms with Gasteiger partial charge in [0.25, 0.3) is 5.16 Å². The second-order valence-corrected chi connectivity index (χ2v) is 5.08. The summed E-state index contributed by atoms with van der Waals surface area (Å²) >= 11 is 5.73. The quantitative estimate of drug-likeness (QED) is 0.728. The van der Waals surface area contributed by atoms with Crippen LogP contribution < -0.4 is 0 Å². The Kier molecular flexibility index (Phi) is 1.97. The predicted molar refractivity (Wildman–Crippen MR) is 51.1 cm³/mol. The van der Waals surface area contributed by atoms with Crippen molar-refractivity contribution >= 4 is 27.0 Å². The smallest absolute Gasteiger partial charge is 0.252 e. The van der Waals surface area contributed by atoms with Crippen LogP contribution in [-0.4, -0.2) is 29.3 Å². The van der Waals surface area contributed by atoms with E-state index >= 15 is 0 Å². The maximum atomic E-state index is 11.3. The Morgan fingerprint density at radius 3 is 2.79 bits per heavy atom. The van der Waals surface area contributed by atoms with Gasteiger partial charge in [0.1, 0.15) is 0 Å². The fourth-order valence-corrected chi connectivity index (χ4v) is 2.05. The van der Waals surface area contributed by atoms with Crippen molar-refractivity contribution in [1.29, 1.82) is 0 Å². The summed E-state index contributed by atoms with van der Waals surface area (Å²) in [4.78, 5) is 0. The Hall–Kier alpha value is -1.14. The van der Waals surface area contributed by atoms with Crippen molar-refractivity contribution in [3.05, 3.63) is 23.5 Å². The number of hydrogen-bond acceptors (Lipinski definition) is 4. The van der Waals surface area contributed by atoms with Crippen molar-refractivity contribution in [2.45, 2.75) is 5.16 Å². The molecule has 14 heavy (non-hydrogen) atoms. The molecule has 2 aromatic rings. The van der Waals surface area contributed by atoms with Gasteiger partial charge >= 0.3 is 0 Å². The molecule has 0 aliphatic carbocycles. The van der Waals surface area contributed by atoms with Gasteiger partial charge in [-0.3, -0.25) is 4.40 Å². The number of fused-ring (bicyclic) bond motifs is 1. The van der Waals surface area contributed by atoms with Gasteiger partial charge in [0.2, 0.25) is 9.84 Å². The lowest BCUT2D eigenvalue weighted by molar-refractivity contribution is 0.586. The van der Waals surface area contributed by atoms with E-state index in [-0.39, 0.29) is 10.3 Å². The summed E-state index contributed by atoms with van der Waals surface area (Å²) in [5.41, 5.74) is 0.530. The van der Waals surface area contributed by atoms with E-state index < -0.39 is 9.84 Å². The lowest BCUT2D eigenvalue weighted by Gasteiger charge is -2.01. The predicted octanol–water partition coefficient (Wildman–Crippen LogP) is 0.786. The third-order valence-corrected chi connectivity index (χ3v) is 2.93. The van der Waals surface area contributed by atoms with Gasteiger partial charge in [-0.15, -0.1) is 10.2 Å². The van der Waals surface area contributed by atoms with Crippen LogP contribution in [0.2, 0.25) is 5.15 Å². The number of hydrogen-bond donors (Lipinski definition) is 0. The average Bonchev–Trinajstić information content (AvgIpc) is 2.50. The summed E-state index contributed by atoms with van der Waals surface area (Å²) < 4.78 is 24.0. The molecule has 0 saturated heterocycles. The lowest BCUT2D eigenvalue weighted by Crippen LogP contribution is -2.09. The summed E-state index contributed by atoms with van der Waals surface area (Å²) in [6, 6.07) is 3.35. The SMILES string of the molecule is CS(=O)(=O)c1nnc(Cl)c2cccn12. The molecule has 0 atom stereocenters. The van der Waals surface area contributed by atoms with Gasteiger partial charge < -0.3 is 0 Å². The fourth-order valence-electron chi connectivity index (χ4n) is 1.15. The van der Waals surface area contributed by atoms with E-state index in [1.807, 2.05) is 0 Å². The van der Waals surface area contributed by atoms with E-state index in [0.29, 0.717) is 5.52 Å². The molecule has 2 heterocycles. The van der Waals surface area contributed by atoms with Crippen molar-refractivity contribution in [3.63, 3.8) is 0 Å². The maximum Gasteiger partial charge on any atom is 0.252 e. The van der Waals surface area contributed by atoms with E-state index in [1.54, 1.807) is 18.3 Å². The number of sulfone groups is 1. The second kappa shape index (κ2) is 2.93. The largest absolute Gasteiger partial charge is 0.288 e. The molecule has 0 spiro atoms. The standard InChI is InChI=1S/C7H6ClN3O2S/c1-14(12,13)7-10-9-6(8)5-3-2-4-11(5)7/h2-4H,1H3. The molecule has 0 N–H and O–H groups in total. The van der Waals surface area contributed by atoms with Crippen molar-refractivity contribution in [2.75, 3.05) is 6.26 Å². The minimum Gasteiger partial charge on any atom is -0.288 e. The molecule has 0 aliphatic rings. The van der Waals surface area contributed by atoms with E-state index in [1.165, 1.54) is 4.40 Å². The Balaban J connectivity index is 2.93. The zero-order chi connectivity index (χ0) is 10.3. The molecule has 0 aromatic carbocycles. The number of nitrogens with zero attached hydrogens (tertiary/aromatic N) is 3. The average molecular weight is 232 g/mol. The molecule has 2 rings (SSSR count). The zero-order valence-electron chi connectivity index (χ0n) is 7.18. The van der Waals surface area contributed by atoms with Crippen LogP contribution >= 0.6 is 11.6 Å². The van der Waals surface area contributed by atoms with Gasteiger partial charge in [0, 0.05) is 12.5 Å². The highest BCUT2D eigenvalue weighted by Crippen LogP contribution is 2.17. The van der Waals surface area contributed by atoms with Crippen LogP contribution in [0.3, 0.4) is 0 Å². The van der Waals surface area contributed by atoms with Gasteiger partial charge in [0.05, 0.1) is 5.52 Å². The Morgan fingerprint density at radius 1 is 1.43 bits per heavy atom. The minimum absolute atomic E-state index is 0.109.